The van der Waals surface area contributed by atoms with Crippen molar-refractivity contribution in [2.75, 3.05) is 0 Å². The summed E-state index contributed by atoms with van der Waals surface area (Å²) in [7, 11) is 0. The Morgan fingerprint density at radius 3 is 2.37 bits per heavy atom. The largest absolute Gasteiger partial charge is 0.451 e. The molecule has 0 aliphatic rings. The first-order valence-electron chi connectivity index (χ1n) is 7.11. The highest BCUT2D eigenvalue weighted by atomic mass is 35.5. The van der Waals surface area contributed by atoms with Gasteiger partial charge in [0.25, 0.3) is 5.56 Å². The van der Waals surface area contributed by atoms with Crippen LogP contribution in [0.1, 0.15) is 5.56 Å². The molecule has 0 N–H and O–H groups in total. The smallest absolute Gasteiger partial charge is 0.417 e. The fraction of sp³-hybridized carbons (Fsp3) is 0.0625. The molecule has 0 saturated carbocycles. The van der Waals surface area contributed by atoms with E-state index in [1.165, 1.54) is 0 Å². The number of benzene rings is 1. The lowest BCUT2D eigenvalue weighted by Gasteiger charge is -2.10. The van der Waals surface area contributed by atoms with Crippen LogP contribution in [-0.2, 0) is 6.18 Å². The van der Waals surface area contributed by atoms with E-state index in [9.17, 15) is 26.7 Å². The van der Waals surface area contributed by atoms with Crippen molar-refractivity contribution in [3.05, 3.63) is 75.3 Å². The molecule has 0 saturated heterocycles. The third-order valence-electron chi connectivity index (χ3n) is 3.29. The molecule has 0 aliphatic carbocycles. The molecule has 0 radical (unpaired) electrons. The molecule has 11 heteroatoms. The van der Waals surface area contributed by atoms with E-state index in [0.29, 0.717) is 16.9 Å². The molecule has 0 unspecified atom stereocenters. The lowest BCUT2D eigenvalue weighted by Crippen LogP contribution is -2.23. The molecule has 2 aromatic heterocycles. The maximum Gasteiger partial charge on any atom is 0.417 e. The molecular formula is C16H7ClF5N3O2. The lowest BCUT2D eigenvalue weighted by molar-refractivity contribution is -0.137. The number of nitrogens with zero attached hydrogens (tertiary/aromatic N) is 3. The zero-order valence-corrected chi connectivity index (χ0v) is 13.7. The van der Waals surface area contributed by atoms with Crippen molar-refractivity contribution in [1.82, 2.24) is 14.8 Å². The molecule has 5 nitrogen and oxygen atoms in total. The normalized spacial score (nSPS) is 11.5. The van der Waals surface area contributed by atoms with Gasteiger partial charge < -0.3 is 4.74 Å². The fourth-order valence-corrected chi connectivity index (χ4v) is 2.17. The van der Waals surface area contributed by atoms with Crippen molar-refractivity contribution < 1.29 is 26.7 Å². The molecule has 3 aromatic rings. The Morgan fingerprint density at radius 1 is 1.04 bits per heavy atom. The molecule has 27 heavy (non-hydrogen) atoms. The van der Waals surface area contributed by atoms with Gasteiger partial charge in [-0.25, -0.2) is 13.8 Å². The maximum absolute atomic E-state index is 13.6. The third kappa shape index (κ3) is 3.90. The third-order valence-corrected chi connectivity index (χ3v) is 3.64. The highest BCUT2D eigenvalue weighted by Crippen LogP contribution is 2.30. The van der Waals surface area contributed by atoms with Crippen LogP contribution in [0.3, 0.4) is 0 Å². The van der Waals surface area contributed by atoms with Crippen LogP contribution in [0.4, 0.5) is 22.0 Å². The summed E-state index contributed by atoms with van der Waals surface area (Å²) in [5, 5.41) is 3.18. The predicted octanol–water partition coefficient (Wildman–Crippen LogP) is 4.37. The second-order valence-electron chi connectivity index (χ2n) is 5.12. The van der Waals surface area contributed by atoms with Gasteiger partial charge in [0.05, 0.1) is 11.8 Å². The maximum atomic E-state index is 13.6. The van der Waals surface area contributed by atoms with Gasteiger partial charge in [0.2, 0.25) is 0 Å². The van der Waals surface area contributed by atoms with Gasteiger partial charge in [-0.05, 0) is 24.3 Å². The first kappa shape index (κ1) is 18.8. The number of aromatic nitrogens is 3. The molecule has 140 valence electrons. The number of hydrogen-bond acceptors (Lipinski definition) is 4. The van der Waals surface area contributed by atoms with E-state index in [1.807, 2.05) is 0 Å². The number of ether oxygens (including phenoxy) is 1. The first-order valence-corrected chi connectivity index (χ1v) is 7.49. The topological polar surface area (TPSA) is 57.0 Å². The Balaban J connectivity index is 1.94. The predicted molar refractivity (Wildman–Crippen MR) is 84.1 cm³/mol. The van der Waals surface area contributed by atoms with Gasteiger partial charge in [0.1, 0.15) is 5.82 Å². The van der Waals surface area contributed by atoms with E-state index in [0.717, 1.165) is 30.5 Å². The van der Waals surface area contributed by atoms with Gasteiger partial charge in [-0.15, -0.1) is 0 Å². The highest BCUT2D eigenvalue weighted by molar-refractivity contribution is 6.31. The molecule has 0 aliphatic heterocycles. The van der Waals surface area contributed by atoms with Crippen molar-refractivity contribution in [3.8, 4) is 17.3 Å². The van der Waals surface area contributed by atoms with Gasteiger partial charge >= 0.3 is 6.18 Å². The van der Waals surface area contributed by atoms with E-state index < -0.39 is 39.7 Å². The quantitative estimate of drug-likeness (QED) is 0.609. The summed E-state index contributed by atoms with van der Waals surface area (Å²) in [5.41, 5.74) is -1.96. The van der Waals surface area contributed by atoms with Crippen LogP contribution < -0.4 is 10.3 Å². The van der Waals surface area contributed by atoms with Crippen LogP contribution in [-0.4, -0.2) is 14.8 Å². The summed E-state index contributed by atoms with van der Waals surface area (Å²) in [6.07, 6.45) is -3.10. The number of rotatable bonds is 3. The van der Waals surface area contributed by atoms with Gasteiger partial charge in [0, 0.05) is 12.3 Å². The number of halogens is 6. The Labute approximate surface area is 152 Å². The lowest BCUT2D eigenvalue weighted by atomic mass is 10.3. The molecule has 2 heterocycles. The van der Waals surface area contributed by atoms with E-state index in [1.54, 1.807) is 0 Å². The molecular weight excluding hydrogens is 397 g/mol. The van der Waals surface area contributed by atoms with Gasteiger partial charge in [-0.3, -0.25) is 4.79 Å². The summed E-state index contributed by atoms with van der Waals surface area (Å²) in [6.45, 7) is 0. The van der Waals surface area contributed by atoms with Crippen molar-refractivity contribution in [1.29, 1.82) is 0 Å². The Morgan fingerprint density at radius 2 is 1.78 bits per heavy atom. The van der Waals surface area contributed by atoms with Crippen LogP contribution in [0.15, 0.2) is 47.5 Å². The van der Waals surface area contributed by atoms with Crippen LogP contribution >= 0.6 is 11.6 Å². The Bertz CT molecular complexity index is 1050. The minimum Gasteiger partial charge on any atom is -0.451 e. The van der Waals surface area contributed by atoms with Crippen LogP contribution in [0.25, 0.3) is 5.82 Å². The molecule has 0 atom stereocenters. The summed E-state index contributed by atoms with van der Waals surface area (Å²) in [5.74, 6) is -2.79. The summed E-state index contributed by atoms with van der Waals surface area (Å²) >= 11 is 5.88. The average molecular weight is 404 g/mol. The fourth-order valence-electron chi connectivity index (χ4n) is 2.01. The van der Waals surface area contributed by atoms with Gasteiger partial charge in [-0.2, -0.15) is 23.0 Å². The van der Waals surface area contributed by atoms with E-state index in [4.69, 9.17) is 16.3 Å². The monoisotopic (exact) mass is 403 g/mol. The van der Waals surface area contributed by atoms with Crippen LogP contribution in [0.2, 0.25) is 5.02 Å². The second kappa shape index (κ2) is 6.95. The minimum absolute atomic E-state index is 0.214. The molecule has 0 fully saturated rings. The first-order chi connectivity index (χ1) is 12.7. The van der Waals surface area contributed by atoms with E-state index in [-0.39, 0.29) is 11.6 Å². The number of pyridine rings is 1. The number of alkyl halides is 3. The standard InChI is InChI=1S/C16H7ClF5N3O2/c17-14-12(27-11-3-2-9(18)5-10(11)19)7-24-25(15(14)26)13-4-1-8(6-23-13)16(20,21)22/h1-7H. The molecule has 1 aromatic carbocycles. The van der Waals surface area contributed by atoms with E-state index >= 15 is 0 Å². The van der Waals surface area contributed by atoms with Crippen molar-refractivity contribution in [2.24, 2.45) is 0 Å². The minimum atomic E-state index is -4.58. The Hall–Kier alpha value is -3.01. The average Bonchev–Trinajstić information content (AvgIpc) is 2.60. The van der Waals surface area contributed by atoms with Crippen LogP contribution in [0, 0.1) is 11.6 Å². The van der Waals surface area contributed by atoms with Crippen molar-refractivity contribution in [3.63, 3.8) is 0 Å². The Kier molecular flexibility index (Phi) is 4.83. The van der Waals surface area contributed by atoms with Gasteiger partial charge in [-0.1, -0.05) is 11.6 Å². The van der Waals surface area contributed by atoms with Crippen molar-refractivity contribution in [2.45, 2.75) is 6.18 Å². The van der Waals surface area contributed by atoms with Crippen LogP contribution in [0.5, 0.6) is 11.5 Å². The molecule has 3 rings (SSSR count). The molecule has 0 spiro atoms. The zero-order valence-electron chi connectivity index (χ0n) is 13.0. The molecule has 0 amide bonds. The number of hydrogen-bond donors (Lipinski definition) is 0. The summed E-state index contributed by atoms with van der Waals surface area (Å²) < 4.78 is 70.0. The van der Waals surface area contributed by atoms with Crippen molar-refractivity contribution >= 4 is 11.6 Å². The SMILES string of the molecule is O=c1c(Cl)c(Oc2ccc(F)cc2F)cnn1-c1ccc(C(F)(F)F)cn1. The van der Waals surface area contributed by atoms with E-state index in [2.05, 4.69) is 10.1 Å². The highest BCUT2D eigenvalue weighted by Gasteiger charge is 2.30. The summed E-state index contributed by atoms with van der Waals surface area (Å²) in [4.78, 5) is 15.8. The molecule has 0 bridgehead atoms. The second-order valence-corrected chi connectivity index (χ2v) is 5.50. The zero-order chi connectivity index (χ0) is 19.8. The summed E-state index contributed by atoms with van der Waals surface area (Å²) in [6, 6.07) is 4.16. The van der Waals surface area contributed by atoms with Gasteiger partial charge in [0.15, 0.2) is 28.2 Å².